The normalized spacial score (nSPS) is 10.7. The molecule has 0 aliphatic heterocycles. The fourth-order valence-electron chi connectivity index (χ4n) is 3.17. The van der Waals surface area contributed by atoms with Gasteiger partial charge in [-0.3, -0.25) is 14.2 Å². The molecule has 4 aromatic rings. The summed E-state index contributed by atoms with van der Waals surface area (Å²) in [6, 6.07) is 17.7. The summed E-state index contributed by atoms with van der Waals surface area (Å²) in [6.45, 7) is 0.306. The van der Waals surface area contributed by atoms with Gasteiger partial charge in [0.25, 0.3) is 11.5 Å². The number of methoxy groups -OCH3 is 1. The zero-order valence-corrected chi connectivity index (χ0v) is 16.1. The molecule has 0 aliphatic carbocycles. The van der Waals surface area contributed by atoms with Crippen LogP contribution in [0.4, 0.5) is 4.39 Å². The Bertz CT molecular complexity index is 1280. The van der Waals surface area contributed by atoms with Crippen molar-refractivity contribution in [3.8, 4) is 11.4 Å². The first kappa shape index (κ1) is 19.3. The molecule has 0 atom stereocenters. The van der Waals surface area contributed by atoms with Crippen LogP contribution in [0.1, 0.15) is 15.9 Å². The van der Waals surface area contributed by atoms with Crippen LogP contribution in [0.25, 0.3) is 16.6 Å². The second-order valence-corrected chi connectivity index (χ2v) is 6.62. The lowest BCUT2D eigenvalue weighted by molar-refractivity contribution is 0.0951. The van der Waals surface area contributed by atoms with Crippen molar-refractivity contribution in [3.05, 3.63) is 100 Å². The van der Waals surface area contributed by atoms with Crippen molar-refractivity contribution in [2.75, 3.05) is 7.11 Å². The molecular formula is C23H18FN3O3. The molecule has 30 heavy (non-hydrogen) atoms. The fraction of sp³-hybridized carbons (Fsp3) is 0.0870. The second-order valence-electron chi connectivity index (χ2n) is 6.62. The molecule has 0 fully saturated rings. The second kappa shape index (κ2) is 8.16. The molecule has 1 amide bonds. The number of carbonyl (C=O) groups excluding carboxylic acids is 1. The molecule has 4 rings (SSSR count). The van der Waals surface area contributed by atoms with Crippen LogP contribution in [-0.2, 0) is 6.54 Å². The maximum absolute atomic E-state index is 13.1. The van der Waals surface area contributed by atoms with Gasteiger partial charge in [0.05, 0.1) is 23.7 Å². The van der Waals surface area contributed by atoms with E-state index in [0.717, 1.165) is 5.56 Å². The van der Waals surface area contributed by atoms with E-state index in [1.54, 1.807) is 25.3 Å². The number of fused-ring (bicyclic) bond motifs is 1. The highest BCUT2D eigenvalue weighted by atomic mass is 19.1. The molecule has 3 aromatic carbocycles. The van der Waals surface area contributed by atoms with E-state index in [9.17, 15) is 14.0 Å². The van der Waals surface area contributed by atoms with Crippen LogP contribution in [0.5, 0.6) is 5.75 Å². The highest BCUT2D eigenvalue weighted by molar-refractivity contribution is 5.97. The summed E-state index contributed by atoms with van der Waals surface area (Å²) in [7, 11) is 1.58. The molecule has 7 heteroatoms. The number of ether oxygens (including phenoxy) is 1. The Kier molecular flexibility index (Phi) is 5.26. The Morgan fingerprint density at radius 3 is 2.63 bits per heavy atom. The Balaban J connectivity index is 1.59. The van der Waals surface area contributed by atoms with Crippen LogP contribution in [0.3, 0.4) is 0 Å². The van der Waals surface area contributed by atoms with Gasteiger partial charge in [-0.1, -0.05) is 18.2 Å². The molecule has 0 unspecified atom stereocenters. The highest BCUT2D eigenvalue weighted by Gasteiger charge is 2.11. The van der Waals surface area contributed by atoms with E-state index in [0.29, 0.717) is 34.4 Å². The first-order chi connectivity index (χ1) is 14.6. The number of aromatic nitrogens is 2. The zero-order valence-electron chi connectivity index (χ0n) is 16.1. The minimum absolute atomic E-state index is 0.285. The van der Waals surface area contributed by atoms with Gasteiger partial charge in [0.2, 0.25) is 0 Å². The molecule has 0 radical (unpaired) electrons. The molecule has 6 nitrogen and oxygen atoms in total. The van der Waals surface area contributed by atoms with Gasteiger partial charge >= 0.3 is 0 Å². The minimum Gasteiger partial charge on any atom is -0.496 e. The summed E-state index contributed by atoms with van der Waals surface area (Å²) in [5.74, 6) is 0.0240. The summed E-state index contributed by atoms with van der Waals surface area (Å²) >= 11 is 0. The smallest absolute Gasteiger partial charge is 0.265 e. The lowest BCUT2D eigenvalue weighted by atomic mass is 10.1. The van der Waals surface area contributed by atoms with Crippen molar-refractivity contribution in [3.63, 3.8) is 0 Å². The highest BCUT2D eigenvalue weighted by Crippen LogP contribution is 2.17. The largest absolute Gasteiger partial charge is 0.496 e. The van der Waals surface area contributed by atoms with Crippen LogP contribution in [0.2, 0.25) is 0 Å². The van der Waals surface area contributed by atoms with Gasteiger partial charge in [-0.05, 0) is 48.5 Å². The molecular weight excluding hydrogens is 385 g/mol. The predicted molar refractivity (Wildman–Crippen MR) is 111 cm³/mol. The van der Waals surface area contributed by atoms with Gasteiger partial charge in [-0.2, -0.15) is 0 Å². The number of hydrogen-bond donors (Lipinski definition) is 1. The molecule has 0 aliphatic rings. The van der Waals surface area contributed by atoms with Crippen LogP contribution in [-0.4, -0.2) is 22.6 Å². The Labute approximate surface area is 171 Å². The number of halogens is 1. The Morgan fingerprint density at radius 1 is 1.10 bits per heavy atom. The lowest BCUT2D eigenvalue weighted by Gasteiger charge is -2.10. The van der Waals surface area contributed by atoms with Gasteiger partial charge in [-0.25, -0.2) is 9.37 Å². The van der Waals surface area contributed by atoms with Gasteiger partial charge in [0.1, 0.15) is 17.9 Å². The zero-order chi connectivity index (χ0) is 21.1. The lowest BCUT2D eigenvalue weighted by Crippen LogP contribution is -2.23. The molecule has 0 bridgehead atoms. The first-order valence-corrected chi connectivity index (χ1v) is 9.24. The molecule has 0 saturated heterocycles. The van der Waals surface area contributed by atoms with Crippen LogP contribution < -0.4 is 15.6 Å². The topological polar surface area (TPSA) is 73.2 Å². The van der Waals surface area contributed by atoms with Crippen molar-refractivity contribution in [1.29, 1.82) is 0 Å². The molecule has 1 heterocycles. The van der Waals surface area contributed by atoms with Crippen LogP contribution >= 0.6 is 0 Å². The number of hydrogen-bond acceptors (Lipinski definition) is 4. The standard InChI is InChI=1S/C23H18FN3O3/c1-30-21-5-3-2-4-16(21)13-25-22(28)15-6-11-19-20(12-15)26-14-27(23(19)29)18-9-7-17(24)8-10-18/h2-12,14H,13H2,1H3,(H,25,28). The Morgan fingerprint density at radius 2 is 1.87 bits per heavy atom. The van der Waals surface area contributed by atoms with E-state index < -0.39 is 0 Å². The maximum Gasteiger partial charge on any atom is 0.265 e. The van der Waals surface area contributed by atoms with Crippen LogP contribution in [0.15, 0.2) is 77.9 Å². The molecule has 1 N–H and O–H groups in total. The molecule has 150 valence electrons. The van der Waals surface area contributed by atoms with Crippen LogP contribution in [0, 0.1) is 5.82 Å². The average Bonchev–Trinajstić information content (AvgIpc) is 2.78. The SMILES string of the molecule is COc1ccccc1CNC(=O)c1ccc2c(=O)n(-c3ccc(F)cc3)cnc2c1. The minimum atomic E-state index is -0.385. The molecule has 0 saturated carbocycles. The van der Waals surface area contributed by atoms with Crippen molar-refractivity contribution >= 4 is 16.8 Å². The number of para-hydroxylation sites is 1. The summed E-state index contributed by atoms with van der Waals surface area (Å²) in [5.41, 5.74) is 1.86. The van der Waals surface area contributed by atoms with Gasteiger partial charge < -0.3 is 10.1 Å². The number of carbonyl (C=O) groups is 1. The number of benzene rings is 3. The number of rotatable bonds is 5. The monoisotopic (exact) mass is 403 g/mol. The van der Waals surface area contributed by atoms with Gasteiger partial charge in [-0.15, -0.1) is 0 Å². The van der Waals surface area contributed by atoms with E-state index in [-0.39, 0.29) is 17.3 Å². The number of amides is 1. The van der Waals surface area contributed by atoms with E-state index >= 15 is 0 Å². The summed E-state index contributed by atoms with van der Waals surface area (Å²) in [5, 5.41) is 3.21. The first-order valence-electron chi connectivity index (χ1n) is 9.24. The summed E-state index contributed by atoms with van der Waals surface area (Å²) < 4.78 is 19.8. The third-order valence-corrected chi connectivity index (χ3v) is 4.76. The quantitative estimate of drug-likeness (QED) is 0.554. The van der Waals surface area contributed by atoms with E-state index in [2.05, 4.69) is 10.3 Å². The molecule has 1 aromatic heterocycles. The third kappa shape index (κ3) is 3.77. The van der Waals surface area contributed by atoms with Crippen molar-refractivity contribution < 1.29 is 13.9 Å². The number of nitrogens with one attached hydrogen (secondary N) is 1. The average molecular weight is 403 g/mol. The Hall–Kier alpha value is -4.00. The van der Waals surface area contributed by atoms with E-state index in [1.807, 2.05) is 24.3 Å². The van der Waals surface area contributed by atoms with Gasteiger partial charge in [0, 0.05) is 17.7 Å². The predicted octanol–water partition coefficient (Wildman–Crippen LogP) is 3.46. The summed E-state index contributed by atoms with van der Waals surface area (Å²) in [6.07, 6.45) is 1.37. The molecule has 0 spiro atoms. The maximum atomic E-state index is 13.1. The third-order valence-electron chi connectivity index (χ3n) is 4.76. The van der Waals surface area contributed by atoms with Crippen molar-refractivity contribution in [1.82, 2.24) is 14.9 Å². The number of nitrogens with zero attached hydrogens (tertiary/aromatic N) is 2. The fourth-order valence-corrected chi connectivity index (χ4v) is 3.17. The van der Waals surface area contributed by atoms with Crippen molar-refractivity contribution in [2.45, 2.75) is 6.54 Å². The van der Waals surface area contributed by atoms with Gasteiger partial charge in [0.15, 0.2) is 0 Å². The van der Waals surface area contributed by atoms with E-state index in [1.165, 1.54) is 35.2 Å². The van der Waals surface area contributed by atoms with Crippen molar-refractivity contribution in [2.24, 2.45) is 0 Å². The van der Waals surface area contributed by atoms with E-state index in [4.69, 9.17) is 4.74 Å². The summed E-state index contributed by atoms with van der Waals surface area (Å²) in [4.78, 5) is 29.7.